The molecule has 2 aliphatic carbocycles. The van der Waals surface area contributed by atoms with Gasteiger partial charge in [-0.2, -0.15) is 0 Å². The van der Waals surface area contributed by atoms with Gasteiger partial charge < -0.3 is 15.1 Å². The van der Waals surface area contributed by atoms with Crippen molar-refractivity contribution in [2.24, 2.45) is 9.98 Å². The molecular weight excluding hydrogens is 848 g/mol. The molecule has 5 aliphatic rings. The molecule has 8 aromatic rings. The molecule has 1 unspecified atom stereocenters. The average Bonchev–Trinajstić information content (AvgIpc) is 3.44. The fourth-order valence-corrected chi connectivity index (χ4v) is 11.2. The highest BCUT2D eigenvalue weighted by Gasteiger charge is 2.38. The molecular formula is C63H48B2N5. The van der Waals surface area contributed by atoms with E-state index >= 15 is 0 Å². The van der Waals surface area contributed by atoms with E-state index in [1.54, 1.807) is 0 Å². The Labute approximate surface area is 411 Å². The molecule has 1 atom stereocenters. The molecule has 13 rings (SSSR count). The quantitative estimate of drug-likeness (QED) is 0.155. The molecule has 3 heterocycles. The molecule has 3 aliphatic heterocycles. The molecule has 8 aromatic carbocycles. The van der Waals surface area contributed by atoms with Crippen LogP contribution >= 0.6 is 0 Å². The second kappa shape index (κ2) is 17.9. The Morgan fingerprint density at radius 1 is 0.514 bits per heavy atom. The SMILES string of the molecule is [B]1c2ccccc2N(c2c(C3=CCCC=C3)cccc2C2=NC(c3cccc(-c4ccccc4)c3N3c4ccccc4B(c4ccccc4)c4ccccc43)=NC(C3=CC=CCC3)N2)c2ccccc21. The van der Waals surface area contributed by atoms with Crippen molar-refractivity contribution in [2.45, 2.75) is 31.8 Å². The van der Waals surface area contributed by atoms with Crippen LogP contribution in [0.2, 0.25) is 0 Å². The third-order valence-electron chi connectivity index (χ3n) is 14.3. The number of benzene rings is 8. The number of hydrogen-bond donors (Lipinski definition) is 1. The van der Waals surface area contributed by atoms with Crippen LogP contribution in [0.4, 0.5) is 34.1 Å². The van der Waals surface area contributed by atoms with Crippen LogP contribution in [0.1, 0.15) is 42.4 Å². The Kier molecular flexibility index (Phi) is 10.7. The monoisotopic (exact) mass is 896 g/mol. The van der Waals surface area contributed by atoms with Gasteiger partial charge in [-0.05, 0) is 89.7 Å². The number of nitrogens with one attached hydrogen (secondary N) is 1. The summed E-state index contributed by atoms with van der Waals surface area (Å²) in [5.74, 6) is 1.47. The number of nitrogens with zero attached hydrogens (tertiary/aromatic N) is 4. The fraction of sp³-hybridized carbons (Fsp3) is 0.0794. The Morgan fingerprint density at radius 3 is 1.77 bits per heavy atom. The van der Waals surface area contributed by atoms with Crippen LogP contribution in [0.25, 0.3) is 16.7 Å². The van der Waals surface area contributed by atoms with Crippen LogP contribution < -0.4 is 42.4 Å². The largest absolute Gasteiger partial charge is 0.344 e. The van der Waals surface area contributed by atoms with Gasteiger partial charge >= 0.3 is 0 Å². The van der Waals surface area contributed by atoms with Crippen LogP contribution in [0, 0.1) is 0 Å². The van der Waals surface area contributed by atoms with E-state index in [0.717, 1.165) is 93.5 Å². The van der Waals surface area contributed by atoms with Gasteiger partial charge in [0.25, 0.3) is 0 Å². The molecule has 0 amide bonds. The zero-order chi connectivity index (χ0) is 46.4. The molecule has 70 heavy (non-hydrogen) atoms. The third-order valence-corrected chi connectivity index (χ3v) is 14.3. The average molecular weight is 897 g/mol. The first-order valence-corrected chi connectivity index (χ1v) is 24.6. The van der Waals surface area contributed by atoms with E-state index in [0.29, 0.717) is 5.84 Å². The van der Waals surface area contributed by atoms with Crippen molar-refractivity contribution in [3.8, 4) is 11.1 Å². The van der Waals surface area contributed by atoms with Gasteiger partial charge in [-0.15, -0.1) is 0 Å². The maximum atomic E-state index is 5.80. The van der Waals surface area contributed by atoms with Crippen LogP contribution in [0.5, 0.6) is 0 Å². The van der Waals surface area contributed by atoms with Gasteiger partial charge in [-0.1, -0.05) is 211 Å². The maximum Gasteiger partial charge on any atom is 0.246 e. The Bertz CT molecular complexity index is 3440. The zero-order valence-electron chi connectivity index (χ0n) is 38.8. The van der Waals surface area contributed by atoms with Crippen LogP contribution in [0.15, 0.2) is 246 Å². The minimum Gasteiger partial charge on any atom is -0.344 e. The van der Waals surface area contributed by atoms with Gasteiger partial charge in [0.15, 0.2) is 13.1 Å². The second-order valence-electron chi connectivity index (χ2n) is 18.5. The molecule has 0 saturated carbocycles. The molecule has 0 bridgehead atoms. The van der Waals surface area contributed by atoms with Crippen LogP contribution in [-0.4, -0.2) is 31.8 Å². The number of fused-ring (bicyclic) bond motifs is 4. The topological polar surface area (TPSA) is 43.2 Å². The number of anilines is 6. The number of rotatable bonds is 8. The van der Waals surface area contributed by atoms with E-state index in [2.05, 4.69) is 253 Å². The van der Waals surface area contributed by atoms with Gasteiger partial charge in [0.2, 0.25) is 6.71 Å². The van der Waals surface area contributed by atoms with E-state index < -0.39 is 0 Å². The summed E-state index contributed by atoms with van der Waals surface area (Å²) in [4.78, 5) is 16.4. The minimum absolute atomic E-state index is 0.0520. The van der Waals surface area contributed by atoms with Gasteiger partial charge in [-0.25, -0.2) is 9.98 Å². The van der Waals surface area contributed by atoms with E-state index in [4.69, 9.17) is 9.98 Å². The van der Waals surface area contributed by atoms with Crippen molar-refractivity contribution in [3.05, 3.63) is 253 Å². The second-order valence-corrected chi connectivity index (χ2v) is 18.5. The molecule has 0 spiro atoms. The number of hydrogen-bond acceptors (Lipinski definition) is 5. The lowest BCUT2D eigenvalue weighted by atomic mass is 9.35. The zero-order valence-corrected chi connectivity index (χ0v) is 38.8. The standard InChI is InChI=1S/C63H48B2N5/c1-5-23-43(24-6-1)47-31-21-33-49(59(47)69-55-39-17-13-35-51(55)64-52-36-14-18-40-56(52)69)62-66-61(45-27-9-3-10-28-45)67-63(68-62)50-34-22-32-48(44-25-7-2-8-26-44)60(50)70-57-41-19-15-37-53(57)65(46-29-11-4-12-30-46)54-38-16-20-42-58(54)70/h2-5,7-9,11-27,29-42,61H,1,6,10,28H2,(H,66,67,68). The highest BCUT2D eigenvalue weighted by molar-refractivity contribution is 6.98. The van der Waals surface area contributed by atoms with Gasteiger partial charge in [0.1, 0.15) is 12.0 Å². The van der Waals surface area contributed by atoms with Crippen molar-refractivity contribution in [1.29, 1.82) is 0 Å². The number of aliphatic imine (C=N–C) groups is 2. The number of para-hydroxylation sites is 6. The van der Waals surface area contributed by atoms with Crippen molar-refractivity contribution < 1.29 is 0 Å². The molecule has 7 heteroatoms. The lowest BCUT2D eigenvalue weighted by Crippen LogP contribution is -2.57. The summed E-state index contributed by atoms with van der Waals surface area (Å²) in [5.41, 5.74) is 20.6. The summed E-state index contributed by atoms with van der Waals surface area (Å²) in [6.07, 6.45) is 17.2. The third kappa shape index (κ3) is 7.28. The summed E-state index contributed by atoms with van der Waals surface area (Å²) in [6, 6.07) is 70.5. The first kappa shape index (κ1) is 41.8. The Morgan fingerprint density at radius 2 is 1.10 bits per heavy atom. The van der Waals surface area contributed by atoms with Gasteiger partial charge in [0.05, 0.1) is 11.4 Å². The molecule has 331 valence electrons. The van der Waals surface area contributed by atoms with E-state index in [1.165, 1.54) is 38.5 Å². The molecule has 1 radical (unpaired) electrons. The summed E-state index contributed by atoms with van der Waals surface area (Å²) in [5, 5.41) is 3.97. The Hall–Kier alpha value is -8.41. The maximum absolute atomic E-state index is 5.80. The summed E-state index contributed by atoms with van der Waals surface area (Å²) < 4.78 is 0. The first-order valence-electron chi connectivity index (χ1n) is 24.6. The summed E-state index contributed by atoms with van der Waals surface area (Å²) in [7, 11) is 2.31. The highest BCUT2D eigenvalue weighted by Crippen LogP contribution is 2.46. The normalized spacial score (nSPS) is 16.6. The molecule has 0 saturated heterocycles. The van der Waals surface area contributed by atoms with Crippen molar-refractivity contribution in [3.63, 3.8) is 0 Å². The lowest BCUT2D eigenvalue weighted by Gasteiger charge is -2.39. The van der Waals surface area contributed by atoms with E-state index in [1.807, 2.05) is 0 Å². The lowest BCUT2D eigenvalue weighted by molar-refractivity contribution is 0.677. The molecule has 1 N–H and O–H groups in total. The van der Waals surface area contributed by atoms with Crippen LogP contribution in [-0.2, 0) is 0 Å². The number of amidine groups is 2. The van der Waals surface area contributed by atoms with Crippen molar-refractivity contribution in [2.75, 3.05) is 9.80 Å². The molecule has 0 fully saturated rings. The van der Waals surface area contributed by atoms with Crippen molar-refractivity contribution >= 4 is 92.7 Å². The summed E-state index contributed by atoms with van der Waals surface area (Å²) in [6.45, 7) is 0.0520. The Balaban J connectivity index is 1.07. The predicted molar refractivity (Wildman–Crippen MR) is 297 cm³/mol. The van der Waals surface area contributed by atoms with Crippen molar-refractivity contribution in [1.82, 2.24) is 5.32 Å². The number of allylic oxidation sites excluding steroid dienone is 7. The minimum atomic E-state index is -0.358. The van der Waals surface area contributed by atoms with Gasteiger partial charge in [0, 0.05) is 45.0 Å². The first-order chi connectivity index (χ1) is 34.8. The van der Waals surface area contributed by atoms with E-state index in [9.17, 15) is 0 Å². The highest BCUT2D eigenvalue weighted by atomic mass is 15.2. The fourth-order valence-electron chi connectivity index (χ4n) is 11.2. The van der Waals surface area contributed by atoms with E-state index in [-0.39, 0.29) is 12.9 Å². The van der Waals surface area contributed by atoms with Crippen LogP contribution in [0.3, 0.4) is 0 Å². The smallest absolute Gasteiger partial charge is 0.246 e. The summed E-state index contributed by atoms with van der Waals surface area (Å²) >= 11 is 0. The molecule has 5 nitrogen and oxygen atoms in total. The predicted octanol–water partition coefficient (Wildman–Crippen LogP) is 11.2. The van der Waals surface area contributed by atoms with Gasteiger partial charge in [-0.3, -0.25) is 0 Å². The molecule has 0 aromatic heterocycles.